The molecule has 2 aromatic carbocycles. The molecular weight excluding hydrogens is 402 g/mol. The smallest absolute Gasteiger partial charge is 0.320 e. The van der Waals surface area contributed by atoms with Gasteiger partial charge in [0.1, 0.15) is 31.5 Å². The van der Waals surface area contributed by atoms with E-state index in [1.807, 2.05) is 52.5 Å². The number of aliphatic carboxylic acids is 1. The van der Waals surface area contributed by atoms with Gasteiger partial charge < -0.3 is 20.2 Å². The molecule has 1 aliphatic carbocycles. The van der Waals surface area contributed by atoms with Crippen LogP contribution in [0.1, 0.15) is 5.56 Å². The molecule has 0 saturated carbocycles. The molecule has 1 atom stereocenters. The van der Waals surface area contributed by atoms with Gasteiger partial charge in [-0.1, -0.05) is 24.3 Å². The zero-order valence-electron chi connectivity index (χ0n) is 18.8. The zero-order valence-corrected chi connectivity index (χ0v) is 18.8. The third kappa shape index (κ3) is 4.09. The zero-order chi connectivity index (χ0) is 23.0. The molecule has 0 aromatic heterocycles. The van der Waals surface area contributed by atoms with Gasteiger partial charge in [-0.25, -0.2) is 4.58 Å². The van der Waals surface area contributed by atoms with E-state index >= 15 is 0 Å². The fourth-order valence-electron chi connectivity index (χ4n) is 3.88. The van der Waals surface area contributed by atoms with Crippen molar-refractivity contribution in [3.63, 3.8) is 0 Å². The summed E-state index contributed by atoms with van der Waals surface area (Å²) in [5.41, 5.74) is 11.6. The largest absolute Gasteiger partial charge is 0.480 e. The molecular formula is C26H28N3O3+. The van der Waals surface area contributed by atoms with Crippen LogP contribution in [-0.2, 0) is 11.2 Å². The quantitative estimate of drug-likeness (QED) is 0.375. The Kier molecular flexibility index (Phi) is 5.72. The lowest BCUT2D eigenvalue weighted by Gasteiger charge is -2.18. The fourth-order valence-corrected chi connectivity index (χ4v) is 3.88. The van der Waals surface area contributed by atoms with E-state index < -0.39 is 12.0 Å². The minimum absolute atomic E-state index is 0.291. The van der Waals surface area contributed by atoms with Gasteiger partial charge in [-0.15, -0.1) is 0 Å². The van der Waals surface area contributed by atoms with Crippen LogP contribution in [0, 0.1) is 0 Å². The van der Waals surface area contributed by atoms with Crippen LogP contribution in [0.25, 0.3) is 33.4 Å². The van der Waals surface area contributed by atoms with Crippen LogP contribution >= 0.6 is 0 Å². The summed E-state index contributed by atoms with van der Waals surface area (Å²) >= 11 is 0. The monoisotopic (exact) mass is 430 g/mol. The van der Waals surface area contributed by atoms with E-state index in [1.54, 1.807) is 0 Å². The Morgan fingerprint density at radius 2 is 1.78 bits per heavy atom. The van der Waals surface area contributed by atoms with Gasteiger partial charge >= 0.3 is 5.97 Å². The van der Waals surface area contributed by atoms with Gasteiger partial charge in [0.05, 0.1) is 6.07 Å². The maximum Gasteiger partial charge on any atom is 0.320 e. The van der Waals surface area contributed by atoms with Gasteiger partial charge in [-0.05, 0) is 35.7 Å². The molecule has 0 saturated heterocycles. The third-order valence-corrected chi connectivity index (χ3v) is 5.74. The van der Waals surface area contributed by atoms with Crippen molar-refractivity contribution in [1.29, 1.82) is 0 Å². The number of benzene rings is 3. The molecule has 32 heavy (non-hydrogen) atoms. The highest BCUT2D eigenvalue weighted by molar-refractivity contribution is 6.02. The summed E-state index contributed by atoms with van der Waals surface area (Å²) < 4.78 is 8.41. The maximum absolute atomic E-state index is 11.1. The lowest BCUT2D eigenvalue weighted by molar-refractivity contribution is -0.138. The molecule has 0 radical (unpaired) electrons. The highest BCUT2D eigenvalue weighted by atomic mass is 16.4. The van der Waals surface area contributed by atoms with E-state index in [1.165, 1.54) is 0 Å². The number of carbonyl (C=O) groups is 1. The Morgan fingerprint density at radius 1 is 1.06 bits per heavy atom. The molecule has 4 rings (SSSR count). The summed E-state index contributed by atoms with van der Waals surface area (Å²) in [5, 5.41) is 11.2. The van der Waals surface area contributed by atoms with Crippen molar-refractivity contribution in [3.8, 4) is 22.5 Å². The average Bonchev–Trinajstić information content (AvgIpc) is 2.77. The Balaban J connectivity index is 1.93. The van der Waals surface area contributed by atoms with Gasteiger partial charge in [-0.2, -0.15) is 0 Å². The second-order valence-electron chi connectivity index (χ2n) is 8.47. The van der Waals surface area contributed by atoms with Crippen LogP contribution in [-0.4, -0.2) is 45.3 Å². The normalized spacial score (nSPS) is 12.2. The fraction of sp³-hybridized carbons (Fsp3) is 0.231. The highest BCUT2D eigenvalue weighted by Crippen LogP contribution is 2.40. The van der Waals surface area contributed by atoms with Gasteiger partial charge in [0.15, 0.2) is 0 Å². The first-order chi connectivity index (χ1) is 15.2. The maximum atomic E-state index is 11.1. The van der Waals surface area contributed by atoms with Crippen LogP contribution in [0.5, 0.6) is 0 Å². The first-order valence-corrected chi connectivity index (χ1v) is 10.5. The predicted octanol–water partition coefficient (Wildman–Crippen LogP) is 3.26. The molecule has 2 aliphatic rings. The third-order valence-electron chi connectivity index (χ3n) is 5.74. The summed E-state index contributed by atoms with van der Waals surface area (Å²) in [6.07, 6.45) is 0.291. The number of nitrogens with zero attached hydrogens (tertiary/aromatic N) is 2. The summed E-state index contributed by atoms with van der Waals surface area (Å²) in [4.78, 5) is 13.1. The average molecular weight is 431 g/mol. The minimum Gasteiger partial charge on any atom is -0.480 e. The van der Waals surface area contributed by atoms with Crippen LogP contribution in [0.4, 0.5) is 5.69 Å². The van der Waals surface area contributed by atoms with Gasteiger partial charge in [0, 0.05) is 48.4 Å². The molecule has 1 aliphatic heterocycles. The number of hydrogen-bond acceptors (Lipinski definition) is 4. The summed E-state index contributed by atoms with van der Waals surface area (Å²) in [6, 6.07) is 19.5. The number of rotatable bonds is 5. The first-order valence-electron chi connectivity index (χ1n) is 10.5. The Labute approximate surface area is 187 Å². The standard InChI is InChI=1S/C26H27N3O3/c1-28(2)18-9-11-20-23(14-18)32-24-15-19(29(3)4)10-12-21(24)25(20)17-7-5-16(6-8-17)13-22(27)26(30)31/h5-12,14-15,22H,13,27H2,1-4H3/p+1/t22-/m0/s1. The van der Waals surface area contributed by atoms with E-state index in [2.05, 4.69) is 45.9 Å². The van der Waals surface area contributed by atoms with Crippen molar-refractivity contribution in [3.05, 3.63) is 71.6 Å². The Morgan fingerprint density at radius 3 is 2.41 bits per heavy atom. The summed E-state index contributed by atoms with van der Waals surface area (Å²) in [7, 11) is 8.03. The van der Waals surface area contributed by atoms with Crippen molar-refractivity contribution in [2.24, 2.45) is 5.73 Å². The van der Waals surface area contributed by atoms with E-state index in [-0.39, 0.29) is 0 Å². The van der Waals surface area contributed by atoms with Crippen LogP contribution in [0.2, 0.25) is 0 Å². The molecule has 0 bridgehead atoms. The summed E-state index contributed by atoms with van der Waals surface area (Å²) in [6.45, 7) is 0. The van der Waals surface area contributed by atoms with Crippen molar-refractivity contribution >= 4 is 22.6 Å². The van der Waals surface area contributed by atoms with Gasteiger partial charge in [-0.3, -0.25) is 4.79 Å². The molecule has 0 fully saturated rings. The molecule has 3 N–H and O–H groups in total. The second kappa shape index (κ2) is 8.48. The summed E-state index contributed by atoms with van der Waals surface area (Å²) in [5.74, 6) is -0.185. The number of carboxylic acids is 1. The van der Waals surface area contributed by atoms with Crippen LogP contribution < -0.4 is 20.6 Å². The topological polar surface area (TPSA) is 82.7 Å². The number of hydrogen-bond donors (Lipinski definition) is 2. The molecule has 6 heteroatoms. The van der Waals surface area contributed by atoms with Gasteiger partial charge in [0.2, 0.25) is 5.36 Å². The Bertz CT molecular complexity index is 1330. The number of carboxylic acid groups (broad SMARTS) is 1. The SMILES string of the molecule is CN(C)c1ccc2c(-c3ccc(C[C@H](N)C(=O)O)cc3)c3ccc(=[N+](C)C)cc-3oc2c1. The predicted molar refractivity (Wildman–Crippen MR) is 129 cm³/mol. The number of anilines is 1. The first kappa shape index (κ1) is 21.6. The van der Waals surface area contributed by atoms with Crippen molar-refractivity contribution in [2.75, 3.05) is 33.1 Å². The van der Waals surface area contributed by atoms with Gasteiger partial charge in [0.25, 0.3) is 0 Å². The Hall–Kier alpha value is -3.64. The number of nitrogens with two attached hydrogens (primary N) is 1. The van der Waals surface area contributed by atoms with Crippen LogP contribution in [0.15, 0.2) is 65.1 Å². The molecule has 1 heterocycles. The second-order valence-corrected chi connectivity index (χ2v) is 8.47. The minimum atomic E-state index is -0.996. The molecule has 0 unspecified atom stereocenters. The molecule has 2 aromatic rings. The molecule has 164 valence electrons. The molecule has 0 amide bonds. The van der Waals surface area contributed by atoms with Crippen LogP contribution in [0.3, 0.4) is 0 Å². The molecule has 6 nitrogen and oxygen atoms in total. The highest BCUT2D eigenvalue weighted by Gasteiger charge is 2.19. The van der Waals surface area contributed by atoms with E-state index in [4.69, 9.17) is 15.3 Å². The molecule has 0 spiro atoms. The van der Waals surface area contributed by atoms with Crippen molar-refractivity contribution in [1.82, 2.24) is 4.58 Å². The van der Waals surface area contributed by atoms with E-state index in [0.29, 0.717) is 6.42 Å². The van der Waals surface area contributed by atoms with Crippen molar-refractivity contribution < 1.29 is 14.3 Å². The van der Waals surface area contributed by atoms with E-state index in [9.17, 15) is 4.79 Å². The lowest BCUT2D eigenvalue weighted by Crippen LogP contribution is -2.32. The van der Waals surface area contributed by atoms with Crippen molar-refractivity contribution in [2.45, 2.75) is 12.5 Å². The van der Waals surface area contributed by atoms with E-state index in [0.717, 1.165) is 50.0 Å². The lowest BCUT2D eigenvalue weighted by atomic mass is 9.92. The number of fused-ring (bicyclic) bond motifs is 2.